The Morgan fingerprint density at radius 2 is 2.32 bits per heavy atom. The monoisotopic (exact) mass is 273 g/mol. The van der Waals surface area contributed by atoms with Gasteiger partial charge < -0.3 is 10.6 Å². The van der Waals surface area contributed by atoms with Crippen LogP contribution in [-0.4, -0.2) is 11.5 Å². The summed E-state index contributed by atoms with van der Waals surface area (Å²) in [7, 11) is 0. The number of aromatic nitrogens is 1. The summed E-state index contributed by atoms with van der Waals surface area (Å²) in [6.07, 6.45) is 2.96. The van der Waals surface area contributed by atoms with Gasteiger partial charge in [0.2, 0.25) is 0 Å². The molecule has 2 aromatic heterocycles. The molecule has 1 aliphatic rings. The SMILES string of the molecule is CC(N)c1cccnc1N1CCc2sccc2C1C. The van der Waals surface area contributed by atoms with Gasteiger partial charge in [-0.15, -0.1) is 11.3 Å². The van der Waals surface area contributed by atoms with Crippen LogP contribution < -0.4 is 10.6 Å². The largest absolute Gasteiger partial charge is 0.349 e. The molecule has 2 aromatic rings. The van der Waals surface area contributed by atoms with Gasteiger partial charge in [-0.1, -0.05) is 6.07 Å². The first-order chi connectivity index (χ1) is 9.18. The van der Waals surface area contributed by atoms with E-state index in [9.17, 15) is 0 Å². The van der Waals surface area contributed by atoms with Gasteiger partial charge in [0.05, 0.1) is 6.04 Å². The Balaban J connectivity index is 2.00. The van der Waals surface area contributed by atoms with E-state index in [1.54, 1.807) is 0 Å². The van der Waals surface area contributed by atoms with Crippen LogP contribution in [0.4, 0.5) is 5.82 Å². The van der Waals surface area contributed by atoms with Gasteiger partial charge in [0.1, 0.15) is 5.82 Å². The molecule has 3 nitrogen and oxygen atoms in total. The number of nitrogens with two attached hydrogens (primary N) is 1. The molecule has 3 heterocycles. The Morgan fingerprint density at radius 1 is 1.47 bits per heavy atom. The van der Waals surface area contributed by atoms with Crippen LogP contribution in [0.25, 0.3) is 0 Å². The topological polar surface area (TPSA) is 42.1 Å². The van der Waals surface area contributed by atoms with Crippen LogP contribution in [0.5, 0.6) is 0 Å². The normalized spacial score (nSPS) is 20.2. The molecule has 19 heavy (non-hydrogen) atoms. The van der Waals surface area contributed by atoms with Gasteiger partial charge in [0.15, 0.2) is 0 Å². The quantitative estimate of drug-likeness (QED) is 0.913. The highest BCUT2D eigenvalue weighted by Crippen LogP contribution is 2.37. The molecule has 2 atom stereocenters. The molecule has 0 saturated carbocycles. The number of rotatable bonds is 2. The van der Waals surface area contributed by atoms with Crippen molar-refractivity contribution in [3.63, 3.8) is 0 Å². The molecule has 0 saturated heterocycles. The Morgan fingerprint density at radius 3 is 3.11 bits per heavy atom. The van der Waals surface area contributed by atoms with E-state index >= 15 is 0 Å². The minimum Gasteiger partial charge on any atom is -0.349 e. The van der Waals surface area contributed by atoms with Crippen molar-refractivity contribution in [1.82, 2.24) is 4.98 Å². The van der Waals surface area contributed by atoms with Crippen LogP contribution in [0.3, 0.4) is 0 Å². The van der Waals surface area contributed by atoms with E-state index in [0.29, 0.717) is 6.04 Å². The highest BCUT2D eigenvalue weighted by Gasteiger charge is 2.27. The maximum absolute atomic E-state index is 6.08. The second-order valence-electron chi connectivity index (χ2n) is 5.12. The molecule has 0 aromatic carbocycles. The van der Waals surface area contributed by atoms with Crippen LogP contribution in [0.2, 0.25) is 0 Å². The fraction of sp³-hybridized carbons (Fsp3) is 0.400. The third kappa shape index (κ3) is 2.15. The lowest BCUT2D eigenvalue weighted by molar-refractivity contribution is 0.617. The molecule has 0 amide bonds. The summed E-state index contributed by atoms with van der Waals surface area (Å²) in [6.45, 7) is 5.29. The lowest BCUT2D eigenvalue weighted by Gasteiger charge is -2.36. The Hall–Kier alpha value is -1.39. The predicted molar refractivity (Wildman–Crippen MR) is 80.6 cm³/mol. The number of hydrogen-bond donors (Lipinski definition) is 1. The van der Waals surface area contributed by atoms with Crippen molar-refractivity contribution < 1.29 is 0 Å². The molecular weight excluding hydrogens is 254 g/mol. The number of fused-ring (bicyclic) bond motifs is 1. The van der Waals surface area contributed by atoms with Gasteiger partial charge in [-0.2, -0.15) is 0 Å². The summed E-state index contributed by atoms with van der Waals surface area (Å²) in [5, 5.41) is 2.19. The maximum Gasteiger partial charge on any atom is 0.133 e. The lowest BCUT2D eigenvalue weighted by atomic mass is 10.00. The first kappa shape index (κ1) is 12.6. The minimum atomic E-state index is 0.0137. The van der Waals surface area contributed by atoms with Crippen LogP contribution in [0.1, 0.15) is 41.9 Å². The molecule has 3 rings (SSSR count). The fourth-order valence-electron chi connectivity index (χ4n) is 2.80. The zero-order chi connectivity index (χ0) is 13.4. The standard InChI is InChI=1S/C15H19N3S/c1-10(16)12-4-3-7-17-15(12)18-8-5-14-13(11(18)2)6-9-19-14/h3-4,6-7,9-11H,5,8,16H2,1-2H3. The molecular formula is C15H19N3S. The van der Waals surface area contributed by atoms with E-state index in [2.05, 4.69) is 34.3 Å². The van der Waals surface area contributed by atoms with Gasteiger partial charge in [0.25, 0.3) is 0 Å². The third-order valence-electron chi connectivity index (χ3n) is 3.86. The van der Waals surface area contributed by atoms with E-state index in [-0.39, 0.29) is 6.04 Å². The molecule has 0 spiro atoms. The first-order valence-electron chi connectivity index (χ1n) is 6.72. The maximum atomic E-state index is 6.08. The van der Waals surface area contributed by atoms with Gasteiger partial charge in [-0.3, -0.25) is 0 Å². The molecule has 2 N–H and O–H groups in total. The van der Waals surface area contributed by atoms with E-state index in [1.165, 1.54) is 10.4 Å². The van der Waals surface area contributed by atoms with Gasteiger partial charge >= 0.3 is 0 Å². The van der Waals surface area contributed by atoms with Crippen molar-refractivity contribution >= 4 is 17.2 Å². The van der Waals surface area contributed by atoms with Gasteiger partial charge in [-0.05, 0) is 43.3 Å². The van der Waals surface area contributed by atoms with Crippen molar-refractivity contribution in [2.75, 3.05) is 11.4 Å². The Labute approximate surface area is 118 Å². The molecule has 4 heteroatoms. The van der Waals surface area contributed by atoms with Crippen LogP contribution >= 0.6 is 11.3 Å². The Kier molecular flexibility index (Phi) is 3.29. The third-order valence-corrected chi connectivity index (χ3v) is 4.85. The van der Waals surface area contributed by atoms with Crippen molar-refractivity contribution in [2.24, 2.45) is 5.73 Å². The van der Waals surface area contributed by atoms with E-state index in [1.807, 2.05) is 30.5 Å². The fourth-order valence-corrected chi connectivity index (χ4v) is 3.77. The second kappa shape index (κ2) is 4.94. The number of nitrogens with zero attached hydrogens (tertiary/aromatic N) is 2. The number of anilines is 1. The summed E-state index contributed by atoms with van der Waals surface area (Å²) in [5.74, 6) is 1.04. The van der Waals surface area contributed by atoms with E-state index < -0.39 is 0 Å². The van der Waals surface area contributed by atoms with E-state index in [4.69, 9.17) is 5.73 Å². The Bertz CT molecular complexity index is 576. The van der Waals surface area contributed by atoms with Gasteiger partial charge in [-0.25, -0.2) is 4.98 Å². The molecule has 0 fully saturated rings. The van der Waals surface area contributed by atoms with Crippen molar-refractivity contribution in [2.45, 2.75) is 32.4 Å². The van der Waals surface area contributed by atoms with Crippen LogP contribution in [-0.2, 0) is 6.42 Å². The number of thiophene rings is 1. The lowest BCUT2D eigenvalue weighted by Crippen LogP contribution is -2.35. The minimum absolute atomic E-state index is 0.0137. The zero-order valence-corrected chi connectivity index (χ0v) is 12.2. The summed E-state index contributed by atoms with van der Waals surface area (Å²) in [5.41, 5.74) is 8.65. The summed E-state index contributed by atoms with van der Waals surface area (Å²) >= 11 is 1.87. The second-order valence-corrected chi connectivity index (χ2v) is 6.12. The molecule has 0 bridgehead atoms. The molecule has 0 aliphatic carbocycles. The summed E-state index contributed by atoms with van der Waals surface area (Å²) in [4.78, 5) is 8.48. The zero-order valence-electron chi connectivity index (χ0n) is 11.3. The molecule has 0 radical (unpaired) electrons. The number of pyridine rings is 1. The molecule has 2 unspecified atom stereocenters. The van der Waals surface area contributed by atoms with E-state index in [0.717, 1.165) is 24.3 Å². The van der Waals surface area contributed by atoms with Crippen LogP contribution in [0, 0.1) is 0 Å². The average Bonchev–Trinajstić information content (AvgIpc) is 2.88. The molecule has 100 valence electrons. The summed E-state index contributed by atoms with van der Waals surface area (Å²) < 4.78 is 0. The smallest absolute Gasteiger partial charge is 0.133 e. The van der Waals surface area contributed by atoms with Crippen molar-refractivity contribution in [3.8, 4) is 0 Å². The number of hydrogen-bond acceptors (Lipinski definition) is 4. The highest BCUT2D eigenvalue weighted by atomic mass is 32.1. The molecule has 1 aliphatic heterocycles. The highest BCUT2D eigenvalue weighted by molar-refractivity contribution is 7.10. The summed E-state index contributed by atoms with van der Waals surface area (Å²) in [6, 6.07) is 6.68. The van der Waals surface area contributed by atoms with Crippen molar-refractivity contribution in [3.05, 3.63) is 45.8 Å². The van der Waals surface area contributed by atoms with Crippen molar-refractivity contribution in [1.29, 1.82) is 0 Å². The van der Waals surface area contributed by atoms with Gasteiger partial charge in [0, 0.05) is 29.2 Å². The first-order valence-corrected chi connectivity index (χ1v) is 7.60. The van der Waals surface area contributed by atoms with Crippen LogP contribution in [0.15, 0.2) is 29.8 Å². The average molecular weight is 273 g/mol. The predicted octanol–water partition coefficient (Wildman–Crippen LogP) is 3.29.